The lowest BCUT2D eigenvalue weighted by molar-refractivity contribution is 1.19. The van der Waals surface area contributed by atoms with Crippen molar-refractivity contribution < 1.29 is 0 Å². The zero-order valence-electron chi connectivity index (χ0n) is 5.48. The summed E-state index contributed by atoms with van der Waals surface area (Å²) in [6, 6.07) is 0. The van der Waals surface area contributed by atoms with Gasteiger partial charge in [-0.25, -0.2) is 0 Å². The van der Waals surface area contributed by atoms with Gasteiger partial charge in [0, 0.05) is 0 Å². The van der Waals surface area contributed by atoms with Gasteiger partial charge in [-0.05, 0) is 23.7 Å². The maximum Gasteiger partial charge on any atom is -0.0154 e. The van der Waals surface area contributed by atoms with Crippen LogP contribution in [0.2, 0.25) is 0 Å². The first kappa shape index (κ1) is 7.83. The summed E-state index contributed by atoms with van der Waals surface area (Å²) in [6.07, 6.45) is 3.24. The fourth-order valence-electron chi connectivity index (χ4n) is 0.463. The Kier molecular flexibility index (Phi) is 4.87. The largest absolute Gasteiger partial charge is 0.104 e. The fourth-order valence-corrected chi connectivity index (χ4v) is 0.979. The molecule has 0 heterocycles. The van der Waals surface area contributed by atoms with Crippen LogP contribution < -0.4 is 0 Å². The van der Waals surface area contributed by atoms with Gasteiger partial charge in [-0.2, -0.15) is 0 Å². The predicted octanol–water partition coefficient (Wildman–Crippen LogP) is 3.18. The molecular weight excluding hydrogens is 116 g/mol. The molecule has 0 aliphatic rings. The van der Waals surface area contributed by atoms with Crippen LogP contribution in [-0.2, 0) is 0 Å². The molecule has 0 radical (unpaired) electrons. The lowest BCUT2D eigenvalue weighted by Crippen LogP contribution is -1.65. The van der Waals surface area contributed by atoms with E-state index in [1.54, 1.807) is 11.8 Å². The molecule has 0 spiro atoms. The van der Waals surface area contributed by atoms with Crippen molar-refractivity contribution >= 4 is 11.8 Å². The van der Waals surface area contributed by atoms with E-state index in [1.807, 2.05) is 5.41 Å². The second kappa shape index (κ2) is 4.98. The number of rotatable bonds is 3. The van der Waals surface area contributed by atoms with Crippen molar-refractivity contribution in [2.75, 3.05) is 0 Å². The highest BCUT2D eigenvalue weighted by atomic mass is 32.2. The Morgan fingerprint density at radius 2 is 2.38 bits per heavy atom. The maximum atomic E-state index is 3.62. The molecule has 1 heteroatoms. The van der Waals surface area contributed by atoms with Crippen molar-refractivity contribution in [2.24, 2.45) is 0 Å². The highest BCUT2D eigenvalue weighted by Crippen LogP contribution is 2.18. The van der Waals surface area contributed by atoms with Gasteiger partial charge in [-0.3, -0.25) is 0 Å². The molecule has 0 aromatic carbocycles. The van der Waals surface area contributed by atoms with E-state index in [0.717, 1.165) is 6.42 Å². The molecule has 0 saturated heterocycles. The Balaban J connectivity index is 3.53. The summed E-state index contributed by atoms with van der Waals surface area (Å²) < 4.78 is 0. The Hall–Kier alpha value is -0.170. The molecule has 0 N–H and O–H groups in total. The normalized spacial score (nSPS) is 11.5. The third kappa shape index (κ3) is 2.92. The number of thioether (sulfide) groups is 1. The van der Waals surface area contributed by atoms with E-state index >= 15 is 0 Å². The third-order valence-electron chi connectivity index (χ3n) is 0.905. The summed E-state index contributed by atoms with van der Waals surface area (Å²) in [5.74, 6) is 0. The lowest BCUT2D eigenvalue weighted by Gasteiger charge is -1.94. The molecule has 0 aromatic heterocycles. The first-order valence-corrected chi connectivity index (χ1v) is 3.65. The minimum Gasteiger partial charge on any atom is -0.104 e. The number of hydrogen-bond donors (Lipinski definition) is 0. The molecule has 0 unspecified atom stereocenters. The minimum absolute atomic E-state index is 1.12. The van der Waals surface area contributed by atoms with E-state index in [9.17, 15) is 0 Å². The molecule has 46 valence electrons. The SMILES string of the molecule is C=CS/C(=C\C)CC. The van der Waals surface area contributed by atoms with Crippen LogP contribution in [0.4, 0.5) is 0 Å². The Bertz CT molecular complexity index is 92.6. The average molecular weight is 128 g/mol. The van der Waals surface area contributed by atoms with Gasteiger partial charge in [-0.15, -0.1) is 11.8 Å². The highest BCUT2D eigenvalue weighted by Gasteiger charge is 1.85. The molecule has 0 atom stereocenters. The standard InChI is InChI=1S/C7H12S/c1-4-7(5-2)8-6-3/h4,6H,3,5H2,1-2H3/b7-4-. The highest BCUT2D eigenvalue weighted by molar-refractivity contribution is 8.05. The molecule has 8 heavy (non-hydrogen) atoms. The molecule has 0 bridgehead atoms. The average Bonchev–Trinajstić information content (AvgIpc) is 1.83. The van der Waals surface area contributed by atoms with E-state index in [1.165, 1.54) is 4.91 Å². The molecule has 0 aliphatic carbocycles. The van der Waals surface area contributed by atoms with Crippen molar-refractivity contribution in [3.63, 3.8) is 0 Å². The van der Waals surface area contributed by atoms with Gasteiger partial charge in [0.15, 0.2) is 0 Å². The van der Waals surface area contributed by atoms with Crippen LogP contribution in [0.5, 0.6) is 0 Å². The summed E-state index contributed by atoms with van der Waals surface area (Å²) in [6.45, 7) is 7.81. The van der Waals surface area contributed by atoms with Crippen molar-refractivity contribution in [3.8, 4) is 0 Å². The van der Waals surface area contributed by atoms with Gasteiger partial charge >= 0.3 is 0 Å². The fraction of sp³-hybridized carbons (Fsp3) is 0.429. The van der Waals surface area contributed by atoms with E-state index in [2.05, 4.69) is 26.5 Å². The van der Waals surface area contributed by atoms with Gasteiger partial charge in [0.2, 0.25) is 0 Å². The monoisotopic (exact) mass is 128 g/mol. The maximum absolute atomic E-state index is 3.62. The number of hydrogen-bond acceptors (Lipinski definition) is 1. The zero-order chi connectivity index (χ0) is 6.41. The summed E-state index contributed by atoms with van der Waals surface area (Å²) in [4.78, 5) is 1.39. The summed E-state index contributed by atoms with van der Waals surface area (Å²) >= 11 is 1.70. The zero-order valence-corrected chi connectivity index (χ0v) is 6.29. The van der Waals surface area contributed by atoms with Crippen LogP contribution in [-0.4, -0.2) is 0 Å². The van der Waals surface area contributed by atoms with Gasteiger partial charge in [0.1, 0.15) is 0 Å². The molecule has 0 nitrogen and oxygen atoms in total. The molecule has 0 aromatic rings. The van der Waals surface area contributed by atoms with E-state index in [-0.39, 0.29) is 0 Å². The Morgan fingerprint density at radius 1 is 1.75 bits per heavy atom. The van der Waals surface area contributed by atoms with Crippen LogP contribution in [0.3, 0.4) is 0 Å². The van der Waals surface area contributed by atoms with Crippen molar-refractivity contribution in [2.45, 2.75) is 20.3 Å². The lowest BCUT2D eigenvalue weighted by atomic mass is 10.4. The van der Waals surface area contributed by atoms with Crippen LogP contribution >= 0.6 is 11.8 Å². The second-order valence-corrected chi connectivity index (χ2v) is 2.49. The van der Waals surface area contributed by atoms with Crippen molar-refractivity contribution in [1.29, 1.82) is 0 Å². The molecule has 0 saturated carbocycles. The van der Waals surface area contributed by atoms with Crippen LogP contribution in [0.1, 0.15) is 20.3 Å². The topological polar surface area (TPSA) is 0 Å². The van der Waals surface area contributed by atoms with Crippen molar-refractivity contribution in [3.05, 3.63) is 23.0 Å². The van der Waals surface area contributed by atoms with E-state index in [0.29, 0.717) is 0 Å². The van der Waals surface area contributed by atoms with E-state index in [4.69, 9.17) is 0 Å². The third-order valence-corrected chi connectivity index (χ3v) is 1.90. The van der Waals surface area contributed by atoms with Crippen LogP contribution in [0.25, 0.3) is 0 Å². The van der Waals surface area contributed by atoms with Crippen LogP contribution in [0, 0.1) is 0 Å². The van der Waals surface area contributed by atoms with E-state index < -0.39 is 0 Å². The smallest absolute Gasteiger partial charge is 0.0154 e. The van der Waals surface area contributed by atoms with Gasteiger partial charge < -0.3 is 0 Å². The van der Waals surface area contributed by atoms with Crippen molar-refractivity contribution in [1.82, 2.24) is 0 Å². The first-order valence-electron chi connectivity index (χ1n) is 2.77. The van der Waals surface area contributed by atoms with Gasteiger partial charge in [0.25, 0.3) is 0 Å². The summed E-state index contributed by atoms with van der Waals surface area (Å²) in [5.41, 5.74) is 0. The first-order chi connectivity index (χ1) is 3.85. The Labute approximate surface area is 55.7 Å². The quantitative estimate of drug-likeness (QED) is 0.562. The summed E-state index contributed by atoms with van der Waals surface area (Å²) in [5, 5.41) is 1.86. The minimum atomic E-state index is 1.12. The molecule has 0 amide bonds. The summed E-state index contributed by atoms with van der Waals surface area (Å²) in [7, 11) is 0. The second-order valence-electron chi connectivity index (χ2n) is 1.39. The molecular formula is C7H12S. The molecule has 0 rings (SSSR count). The Morgan fingerprint density at radius 3 is 2.50 bits per heavy atom. The molecule has 0 fully saturated rings. The van der Waals surface area contributed by atoms with Gasteiger partial charge in [-0.1, -0.05) is 19.6 Å². The molecule has 0 aliphatic heterocycles. The van der Waals surface area contributed by atoms with Crippen LogP contribution in [0.15, 0.2) is 23.0 Å². The number of allylic oxidation sites excluding steroid dienone is 2. The predicted molar refractivity (Wildman–Crippen MR) is 41.8 cm³/mol. The van der Waals surface area contributed by atoms with Gasteiger partial charge in [0.05, 0.1) is 0 Å².